The second-order valence-electron chi connectivity index (χ2n) is 2.48. The van der Waals surface area contributed by atoms with Crippen molar-refractivity contribution in [1.82, 2.24) is 0 Å². The van der Waals surface area contributed by atoms with Gasteiger partial charge < -0.3 is 30.6 Å². The van der Waals surface area contributed by atoms with Crippen molar-refractivity contribution in [2.45, 2.75) is 24.4 Å². The van der Waals surface area contributed by atoms with Gasteiger partial charge in [-0.25, -0.2) is 0 Å². The molecule has 2 radical (unpaired) electrons. The molecule has 0 aliphatic heterocycles. The van der Waals surface area contributed by atoms with Crippen molar-refractivity contribution in [1.29, 1.82) is 0 Å². The van der Waals surface area contributed by atoms with Crippen molar-refractivity contribution in [2.75, 3.05) is 13.2 Å². The number of rotatable bonds is 5. The van der Waals surface area contributed by atoms with E-state index in [1.807, 2.05) is 0 Å². The Morgan fingerprint density at radius 1 is 0.692 bits per heavy atom. The van der Waals surface area contributed by atoms with Gasteiger partial charge in [0, 0.05) is 37.7 Å². The molecule has 0 saturated heterocycles. The summed E-state index contributed by atoms with van der Waals surface area (Å²) in [6, 6.07) is 0. The number of aliphatic hydroxyl groups is 6. The van der Waals surface area contributed by atoms with Crippen LogP contribution in [0.3, 0.4) is 0 Å². The molecule has 76 valence electrons. The molecule has 0 aromatic heterocycles. The minimum absolute atomic E-state index is 0. The van der Waals surface area contributed by atoms with Crippen LogP contribution in [0.1, 0.15) is 0 Å². The van der Waals surface area contributed by atoms with E-state index >= 15 is 0 Å². The molecule has 0 spiro atoms. The summed E-state index contributed by atoms with van der Waals surface area (Å²) in [6.45, 7) is -1.45. The molecule has 4 atom stereocenters. The van der Waals surface area contributed by atoms with E-state index in [9.17, 15) is 0 Å². The molecule has 6 N–H and O–H groups in total. The minimum Gasteiger partial charge on any atom is -0.394 e. The Labute approximate surface area is 105 Å². The molecule has 0 unspecified atom stereocenters. The van der Waals surface area contributed by atoms with Gasteiger partial charge in [0.15, 0.2) is 0 Å². The van der Waals surface area contributed by atoms with Crippen LogP contribution in [0.25, 0.3) is 0 Å². The zero-order valence-electron chi connectivity index (χ0n) is 7.11. The Balaban J connectivity index is 0. The Kier molecular flexibility index (Phi) is 10.6. The molecular formula is C6H14CaO6. The van der Waals surface area contributed by atoms with E-state index < -0.39 is 37.6 Å². The van der Waals surface area contributed by atoms with Gasteiger partial charge in [0.05, 0.1) is 13.2 Å². The summed E-state index contributed by atoms with van der Waals surface area (Å²) in [5, 5.41) is 52.2. The van der Waals surface area contributed by atoms with Gasteiger partial charge in [0.2, 0.25) is 0 Å². The van der Waals surface area contributed by atoms with Gasteiger partial charge in [-0.2, -0.15) is 0 Å². The van der Waals surface area contributed by atoms with Crippen LogP contribution in [0, 0.1) is 0 Å². The summed E-state index contributed by atoms with van der Waals surface area (Å²) in [7, 11) is 0. The zero-order valence-corrected chi connectivity index (χ0v) is 9.32. The van der Waals surface area contributed by atoms with Gasteiger partial charge in [0.25, 0.3) is 0 Å². The van der Waals surface area contributed by atoms with Crippen molar-refractivity contribution >= 4 is 37.7 Å². The third-order valence-corrected chi connectivity index (χ3v) is 1.51. The molecule has 13 heavy (non-hydrogen) atoms. The first-order valence-corrected chi connectivity index (χ1v) is 3.48. The molecular weight excluding hydrogens is 208 g/mol. The SMILES string of the molecule is OC[C@@H](O)[C@@H](O)[C@H](O)[C@@H](O)CO.[Ca]. The van der Waals surface area contributed by atoms with Crippen molar-refractivity contribution in [2.24, 2.45) is 0 Å². The molecule has 0 saturated carbocycles. The standard InChI is InChI=1S/C6H14O6.Ca/c7-1-3(9)5(11)6(12)4(10)2-8;/h3-12H,1-2H2;/t3-,4+,5-,6-;/m1./s1. The summed E-state index contributed by atoms with van der Waals surface area (Å²) in [5.41, 5.74) is 0. The van der Waals surface area contributed by atoms with Gasteiger partial charge in [-0.15, -0.1) is 0 Å². The molecule has 0 fully saturated rings. The normalized spacial score (nSPS) is 19.8. The average molecular weight is 222 g/mol. The largest absolute Gasteiger partial charge is 0.394 e. The monoisotopic (exact) mass is 222 g/mol. The zero-order chi connectivity index (χ0) is 9.72. The summed E-state index contributed by atoms with van der Waals surface area (Å²) in [6.07, 6.45) is -6.39. The maximum atomic E-state index is 8.96. The first kappa shape index (κ1) is 16.4. The number of hydrogen-bond donors (Lipinski definition) is 6. The Bertz CT molecular complexity index is 110. The van der Waals surface area contributed by atoms with E-state index in [0.29, 0.717) is 0 Å². The average Bonchev–Trinajstić information content (AvgIpc) is 2.12. The first-order valence-electron chi connectivity index (χ1n) is 3.48. The number of aliphatic hydroxyl groups excluding tert-OH is 6. The molecule has 0 heterocycles. The molecule has 0 aliphatic rings. The van der Waals surface area contributed by atoms with Crippen LogP contribution in [0.2, 0.25) is 0 Å². The van der Waals surface area contributed by atoms with Gasteiger partial charge in [-0.05, 0) is 0 Å². The summed E-state index contributed by atoms with van der Waals surface area (Å²) < 4.78 is 0. The van der Waals surface area contributed by atoms with E-state index in [1.54, 1.807) is 0 Å². The fraction of sp³-hybridized carbons (Fsp3) is 1.00. The van der Waals surface area contributed by atoms with Crippen LogP contribution < -0.4 is 0 Å². The first-order chi connectivity index (χ1) is 5.54. The summed E-state index contributed by atoms with van der Waals surface area (Å²) >= 11 is 0. The smallest absolute Gasteiger partial charge is 0.111 e. The van der Waals surface area contributed by atoms with Crippen molar-refractivity contribution in [3.63, 3.8) is 0 Å². The predicted molar refractivity (Wildman–Crippen MR) is 44.0 cm³/mol. The molecule has 0 aliphatic carbocycles. The van der Waals surface area contributed by atoms with Gasteiger partial charge in [-0.1, -0.05) is 0 Å². The maximum absolute atomic E-state index is 8.96. The maximum Gasteiger partial charge on any atom is 0.111 e. The van der Waals surface area contributed by atoms with Crippen LogP contribution in [-0.2, 0) is 0 Å². The number of hydrogen-bond acceptors (Lipinski definition) is 6. The predicted octanol–water partition coefficient (Wildman–Crippen LogP) is -3.97. The third-order valence-electron chi connectivity index (χ3n) is 1.51. The van der Waals surface area contributed by atoms with Crippen LogP contribution in [0.15, 0.2) is 0 Å². The fourth-order valence-electron chi connectivity index (χ4n) is 0.671. The van der Waals surface area contributed by atoms with Crippen molar-refractivity contribution in [3.05, 3.63) is 0 Å². The van der Waals surface area contributed by atoms with E-state index in [4.69, 9.17) is 30.6 Å². The molecule has 0 rings (SSSR count). The quantitative estimate of drug-likeness (QED) is 0.264. The van der Waals surface area contributed by atoms with Crippen LogP contribution >= 0.6 is 0 Å². The van der Waals surface area contributed by atoms with Crippen LogP contribution in [-0.4, -0.2) is 106 Å². The fourth-order valence-corrected chi connectivity index (χ4v) is 0.671. The minimum atomic E-state index is -1.67. The topological polar surface area (TPSA) is 121 Å². The van der Waals surface area contributed by atoms with Gasteiger partial charge >= 0.3 is 0 Å². The molecule has 6 nitrogen and oxygen atoms in total. The van der Waals surface area contributed by atoms with Crippen molar-refractivity contribution in [3.8, 4) is 0 Å². The van der Waals surface area contributed by atoms with E-state index in [0.717, 1.165) is 0 Å². The van der Waals surface area contributed by atoms with E-state index in [1.165, 1.54) is 0 Å². The Morgan fingerprint density at radius 3 is 1.08 bits per heavy atom. The molecule has 0 aromatic carbocycles. The summed E-state index contributed by atoms with van der Waals surface area (Å²) in [5.74, 6) is 0. The van der Waals surface area contributed by atoms with Crippen LogP contribution in [0.4, 0.5) is 0 Å². The third kappa shape index (κ3) is 5.46. The van der Waals surface area contributed by atoms with Crippen molar-refractivity contribution < 1.29 is 30.6 Å². The van der Waals surface area contributed by atoms with E-state index in [2.05, 4.69) is 0 Å². The van der Waals surface area contributed by atoms with Gasteiger partial charge in [-0.3, -0.25) is 0 Å². The Hall–Kier alpha value is 1.02. The Morgan fingerprint density at radius 2 is 0.923 bits per heavy atom. The molecule has 7 heteroatoms. The second kappa shape index (κ2) is 8.34. The second-order valence-corrected chi connectivity index (χ2v) is 2.48. The van der Waals surface area contributed by atoms with Gasteiger partial charge in [0.1, 0.15) is 24.4 Å². The van der Waals surface area contributed by atoms with E-state index in [-0.39, 0.29) is 37.7 Å². The molecule has 0 aromatic rings. The molecule has 0 bridgehead atoms. The summed E-state index contributed by atoms with van der Waals surface area (Å²) in [4.78, 5) is 0. The van der Waals surface area contributed by atoms with Crippen LogP contribution in [0.5, 0.6) is 0 Å². The molecule has 0 amide bonds.